The lowest BCUT2D eigenvalue weighted by Crippen LogP contribution is -2.09. The average molecular weight is 259 g/mol. The van der Waals surface area contributed by atoms with Gasteiger partial charge in [-0.3, -0.25) is 0 Å². The molecule has 0 fully saturated rings. The standard InChI is InChI=1S/C14H14FN3O/c1-8(14-9(2)18-19-10(14)3)17-13-5-4-11(7-16)6-12(13)15/h4-6,8,17H,1-3H3. The summed E-state index contributed by atoms with van der Waals surface area (Å²) >= 11 is 0. The van der Waals surface area contributed by atoms with Gasteiger partial charge in [0.05, 0.1) is 29.1 Å². The molecule has 98 valence electrons. The van der Waals surface area contributed by atoms with Crippen LogP contribution in [0.25, 0.3) is 0 Å². The number of nitrogens with zero attached hydrogens (tertiary/aromatic N) is 2. The van der Waals surface area contributed by atoms with Gasteiger partial charge in [0.1, 0.15) is 11.6 Å². The normalized spacial score (nSPS) is 11.9. The lowest BCUT2D eigenvalue weighted by atomic mass is 10.1. The van der Waals surface area contributed by atoms with Crippen molar-refractivity contribution in [3.63, 3.8) is 0 Å². The first kappa shape index (κ1) is 13.1. The average Bonchev–Trinajstić information content (AvgIpc) is 2.71. The topological polar surface area (TPSA) is 61.9 Å². The van der Waals surface area contributed by atoms with Crippen molar-refractivity contribution in [3.8, 4) is 6.07 Å². The number of anilines is 1. The first-order valence-electron chi connectivity index (χ1n) is 5.92. The summed E-state index contributed by atoms with van der Waals surface area (Å²) in [6.07, 6.45) is 0. The molecule has 5 heteroatoms. The van der Waals surface area contributed by atoms with E-state index >= 15 is 0 Å². The highest BCUT2D eigenvalue weighted by Crippen LogP contribution is 2.26. The predicted octanol–water partition coefficient (Wildman–Crippen LogP) is 3.48. The van der Waals surface area contributed by atoms with Crippen LogP contribution in [-0.4, -0.2) is 5.16 Å². The number of hydrogen-bond donors (Lipinski definition) is 1. The second kappa shape index (κ2) is 5.11. The molecule has 1 atom stereocenters. The Bertz CT molecular complexity index is 623. The zero-order chi connectivity index (χ0) is 14.0. The summed E-state index contributed by atoms with van der Waals surface area (Å²) in [5.74, 6) is 0.268. The van der Waals surface area contributed by atoms with Gasteiger partial charge in [0.15, 0.2) is 0 Å². The van der Waals surface area contributed by atoms with Gasteiger partial charge >= 0.3 is 0 Å². The van der Waals surface area contributed by atoms with Crippen molar-refractivity contribution in [2.45, 2.75) is 26.8 Å². The van der Waals surface area contributed by atoms with E-state index in [1.807, 2.05) is 26.8 Å². The Hall–Kier alpha value is -2.35. The SMILES string of the molecule is Cc1noc(C)c1C(C)Nc1ccc(C#N)cc1F. The van der Waals surface area contributed by atoms with Crippen LogP contribution in [0.4, 0.5) is 10.1 Å². The largest absolute Gasteiger partial charge is 0.376 e. The van der Waals surface area contributed by atoms with E-state index in [-0.39, 0.29) is 6.04 Å². The molecule has 0 radical (unpaired) electrons. The van der Waals surface area contributed by atoms with Gasteiger partial charge in [-0.1, -0.05) is 5.16 Å². The van der Waals surface area contributed by atoms with E-state index in [9.17, 15) is 4.39 Å². The van der Waals surface area contributed by atoms with E-state index in [1.165, 1.54) is 6.07 Å². The highest BCUT2D eigenvalue weighted by molar-refractivity contribution is 5.50. The van der Waals surface area contributed by atoms with Gasteiger partial charge in [0.25, 0.3) is 0 Å². The monoisotopic (exact) mass is 259 g/mol. The number of benzene rings is 1. The summed E-state index contributed by atoms with van der Waals surface area (Å²) in [6, 6.07) is 6.11. The number of nitrogens with one attached hydrogen (secondary N) is 1. The molecule has 1 aromatic carbocycles. The van der Waals surface area contributed by atoms with Gasteiger partial charge in [0.2, 0.25) is 0 Å². The molecule has 0 spiro atoms. The molecular weight excluding hydrogens is 245 g/mol. The maximum Gasteiger partial charge on any atom is 0.147 e. The van der Waals surface area contributed by atoms with Crippen LogP contribution in [0.3, 0.4) is 0 Å². The number of nitriles is 1. The van der Waals surface area contributed by atoms with Crippen LogP contribution in [-0.2, 0) is 0 Å². The highest BCUT2D eigenvalue weighted by Gasteiger charge is 2.17. The molecule has 0 aliphatic heterocycles. The third-order valence-electron chi connectivity index (χ3n) is 2.99. The summed E-state index contributed by atoms with van der Waals surface area (Å²) < 4.78 is 18.9. The zero-order valence-corrected chi connectivity index (χ0v) is 11.0. The van der Waals surface area contributed by atoms with Gasteiger partial charge in [-0.05, 0) is 39.0 Å². The number of hydrogen-bond acceptors (Lipinski definition) is 4. The van der Waals surface area contributed by atoms with Crippen LogP contribution in [0.5, 0.6) is 0 Å². The Labute approximate surface area is 110 Å². The van der Waals surface area contributed by atoms with Crippen molar-refractivity contribution >= 4 is 5.69 Å². The Morgan fingerprint density at radius 2 is 2.16 bits per heavy atom. The van der Waals surface area contributed by atoms with Gasteiger partial charge in [-0.2, -0.15) is 5.26 Å². The molecule has 4 nitrogen and oxygen atoms in total. The molecule has 0 bridgehead atoms. The van der Waals surface area contributed by atoms with E-state index in [0.717, 1.165) is 11.3 Å². The van der Waals surface area contributed by atoms with E-state index in [1.54, 1.807) is 12.1 Å². The number of aromatic nitrogens is 1. The fraction of sp³-hybridized carbons (Fsp3) is 0.286. The first-order chi connectivity index (χ1) is 9.02. The maximum absolute atomic E-state index is 13.8. The fourth-order valence-electron chi connectivity index (χ4n) is 2.12. The highest BCUT2D eigenvalue weighted by atomic mass is 19.1. The van der Waals surface area contributed by atoms with Gasteiger partial charge < -0.3 is 9.84 Å². The van der Waals surface area contributed by atoms with E-state index in [2.05, 4.69) is 10.5 Å². The minimum Gasteiger partial charge on any atom is -0.376 e. The number of rotatable bonds is 3. The van der Waals surface area contributed by atoms with Crippen molar-refractivity contribution in [3.05, 3.63) is 46.6 Å². The molecule has 0 saturated carbocycles. The molecule has 2 rings (SSSR count). The van der Waals surface area contributed by atoms with Crippen LogP contribution >= 0.6 is 0 Å². The Morgan fingerprint density at radius 1 is 1.42 bits per heavy atom. The lowest BCUT2D eigenvalue weighted by molar-refractivity contribution is 0.392. The molecule has 0 aliphatic carbocycles. The van der Waals surface area contributed by atoms with Gasteiger partial charge in [-0.15, -0.1) is 0 Å². The Kier molecular flexibility index (Phi) is 3.52. The summed E-state index contributed by atoms with van der Waals surface area (Å²) in [7, 11) is 0. The van der Waals surface area contributed by atoms with Crippen LogP contribution < -0.4 is 5.32 Å². The molecule has 1 heterocycles. The first-order valence-corrected chi connectivity index (χ1v) is 5.92. The second-order valence-corrected chi connectivity index (χ2v) is 4.41. The van der Waals surface area contributed by atoms with Crippen molar-refractivity contribution in [1.82, 2.24) is 5.16 Å². The maximum atomic E-state index is 13.8. The van der Waals surface area contributed by atoms with Crippen LogP contribution in [0.15, 0.2) is 22.7 Å². The Balaban J connectivity index is 2.25. The quantitative estimate of drug-likeness (QED) is 0.916. The van der Waals surface area contributed by atoms with Gasteiger partial charge in [0, 0.05) is 5.56 Å². The van der Waals surface area contributed by atoms with E-state index < -0.39 is 5.82 Å². The number of halogens is 1. The minimum absolute atomic E-state index is 0.131. The van der Waals surface area contributed by atoms with Gasteiger partial charge in [-0.25, -0.2) is 4.39 Å². The van der Waals surface area contributed by atoms with Crippen LogP contribution in [0, 0.1) is 31.0 Å². The molecule has 1 unspecified atom stereocenters. The fourth-order valence-corrected chi connectivity index (χ4v) is 2.12. The van der Waals surface area contributed by atoms with Crippen molar-refractivity contribution in [1.29, 1.82) is 5.26 Å². The lowest BCUT2D eigenvalue weighted by Gasteiger charge is -2.15. The second-order valence-electron chi connectivity index (χ2n) is 4.41. The summed E-state index contributed by atoms with van der Waals surface area (Å²) in [5, 5.41) is 15.6. The third-order valence-corrected chi connectivity index (χ3v) is 2.99. The summed E-state index contributed by atoms with van der Waals surface area (Å²) in [4.78, 5) is 0. The molecule has 2 aromatic rings. The van der Waals surface area contributed by atoms with Crippen molar-refractivity contribution in [2.75, 3.05) is 5.32 Å². The Morgan fingerprint density at radius 3 is 2.68 bits per heavy atom. The molecule has 1 aromatic heterocycles. The molecule has 0 amide bonds. The van der Waals surface area contributed by atoms with Crippen molar-refractivity contribution < 1.29 is 8.91 Å². The predicted molar refractivity (Wildman–Crippen MR) is 69.1 cm³/mol. The third kappa shape index (κ3) is 2.58. The van der Waals surface area contributed by atoms with Crippen LogP contribution in [0.2, 0.25) is 0 Å². The molecular formula is C14H14FN3O. The summed E-state index contributed by atoms with van der Waals surface area (Å²) in [6.45, 7) is 5.58. The number of aryl methyl sites for hydroxylation is 2. The smallest absolute Gasteiger partial charge is 0.147 e. The molecule has 0 saturated heterocycles. The van der Waals surface area contributed by atoms with Crippen LogP contribution in [0.1, 0.15) is 35.5 Å². The molecule has 1 N–H and O–H groups in total. The molecule has 19 heavy (non-hydrogen) atoms. The van der Waals surface area contributed by atoms with E-state index in [4.69, 9.17) is 9.78 Å². The van der Waals surface area contributed by atoms with E-state index in [0.29, 0.717) is 17.0 Å². The summed E-state index contributed by atoms with van der Waals surface area (Å²) in [5.41, 5.74) is 2.36. The zero-order valence-electron chi connectivity index (χ0n) is 11.0. The minimum atomic E-state index is -0.447. The van der Waals surface area contributed by atoms with Crippen molar-refractivity contribution in [2.24, 2.45) is 0 Å². The molecule has 0 aliphatic rings.